The molecule has 0 bridgehead atoms. The van der Waals surface area contributed by atoms with Crippen molar-refractivity contribution < 1.29 is 13.9 Å². The SMILES string of the molecule is Cc1c(F)ccc(C2CCN(C(=O)[C@H]3C[C@]4(COCN4)C3)CC2)c1C. The summed E-state index contributed by atoms with van der Waals surface area (Å²) in [6, 6.07) is 3.51. The average molecular weight is 346 g/mol. The zero-order valence-corrected chi connectivity index (χ0v) is 15.1. The van der Waals surface area contributed by atoms with Crippen molar-refractivity contribution >= 4 is 5.91 Å². The number of likely N-dealkylation sites (tertiary alicyclic amines) is 1. The zero-order valence-electron chi connectivity index (χ0n) is 15.1. The Morgan fingerprint density at radius 1 is 1.24 bits per heavy atom. The van der Waals surface area contributed by atoms with E-state index in [4.69, 9.17) is 4.74 Å². The van der Waals surface area contributed by atoms with Crippen molar-refractivity contribution in [3.8, 4) is 0 Å². The molecule has 0 radical (unpaired) electrons. The Bertz CT molecular complexity index is 669. The molecule has 4 nitrogen and oxygen atoms in total. The van der Waals surface area contributed by atoms with Gasteiger partial charge in [0.05, 0.1) is 13.3 Å². The number of halogens is 1. The summed E-state index contributed by atoms with van der Waals surface area (Å²) < 4.78 is 19.1. The summed E-state index contributed by atoms with van der Waals surface area (Å²) in [6.07, 6.45) is 3.75. The second kappa shape index (κ2) is 6.36. The monoisotopic (exact) mass is 346 g/mol. The van der Waals surface area contributed by atoms with E-state index in [1.54, 1.807) is 6.07 Å². The van der Waals surface area contributed by atoms with E-state index in [2.05, 4.69) is 5.32 Å². The second-order valence-corrected chi connectivity index (χ2v) is 8.04. The van der Waals surface area contributed by atoms with Crippen molar-refractivity contribution in [1.29, 1.82) is 0 Å². The van der Waals surface area contributed by atoms with Crippen LogP contribution in [-0.4, -0.2) is 42.8 Å². The Morgan fingerprint density at radius 3 is 2.60 bits per heavy atom. The van der Waals surface area contributed by atoms with Crippen LogP contribution >= 0.6 is 0 Å². The third kappa shape index (κ3) is 2.97. The molecule has 3 aliphatic rings. The van der Waals surface area contributed by atoms with Crippen LogP contribution in [0.3, 0.4) is 0 Å². The van der Waals surface area contributed by atoms with E-state index in [1.165, 1.54) is 5.56 Å². The van der Waals surface area contributed by atoms with Crippen molar-refractivity contribution in [1.82, 2.24) is 10.2 Å². The number of carbonyl (C=O) groups is 1. The summed E-state index contributed by atoms with van der Waals surface area (Å²) in [6.45, 7) is 6.83. The van der Waals surface area contributed by atoms with E-state index >= 15 is 0 Å². The Balaban J connectivity index is 1.34. The van der Waals surface area contributed by atoms with Gasteiger partial charge in [0.15, 0.2) is 0 Å². The first-order chi connectivity index (χ1) is 12.0. The van der Waals surface area contributed by atoms with Gasteiger partial charge >= 0.3 is 0 Å². The highest BCUT2D eigenvalue weighted by molar-refractivity contribution is 5.80. The van der Waals surface area contributed by atoms with Gasteiger partial charge in [-0.3, -0.25) is 10.1 Å². The standard InChI is InChI=1S/C20H27FN2O2/c1-13-14(2)18(21)4-3-17(13)15-5-7-23(8-6-15)19(24)16-9-20(10-16)11-25-12-22-20/h3-4,15-16,22H,5-12H2,1-2H3/t16-,20+. The first-order valence-electron chi connectivity index (χ1n) is 9.36. The molecule has 0 atom stereocenters. The highest BCUT2D eigenvalue weighted by Gasteiger charge is 2.50. The number of hydrogen-bond donors (Lipinski definition) is 1. The van der Waals surface area contributed by atoms with Crippen LogP contribution < -0.4 is 5.32 Å². The molecule has 2 heterocycles. The van der Waals surface area contributed by atoms with E-state index in [9.17, 15) is 9.18 Å². The van der Waals surface area contributed by atoms with Crippen LogP contribution in [0.4, 0.5) is 4.39 Å². The van der Waals surface area contributed by atoms with Crippen LogP contribution in [-0.2, 0) is 9.53 Å². The van der Waals surface area contributed by atoms with E-state index < -0.39 is 0 Å². The highest BCUT2D eigenvalue weighted by atomic mass is 19.1. The molecule has 0 unspecified atom stereocenters. The van der Waals surface area contributed by atoms with Gasteiger partial charge in [-0.15, -0.1) is 0 Å². The molecule has 3 fully saturated rings. The lowest BCUT2D eigenvalue weighted by Crippen LogP contribution is -2.58. The number of ether oxygens (including phenoxy) is 1. The van der Waals surface area contributed by atoms with Crippen LogP contribution in [0.25, 0.3) is 0 Å². The number of nitrogens with one attached hydrogen (secondary N) is 1. The smallest absolute Gasteiger partial charge is 0.225 e. The van der Waals surface area contributed by atoms with Crippen molar-refractivity contribution in [3.05, 3.63) is 34.6 Å². The summed E-state index contributed by atoms with van der Waals surface area (Å²) in [4.78, 5) is 14.8. The Kier molecular flexibility index (Phi) is 4.32. The fourth-order valence-corrected chi connectivity index (χ4v) is 4.74. The number of rotatable bonds is 2. The van der Waals surface area contributed by atoms with Crippen molar-refractivity contribution in [2.24, 2.45) is 5.92 Å². The third-order valence-corrected chi connectivity index (χ3v) is 6.56. The van der Waals surface area contributed by atoms with Crippen LogP contribution in [0.5, 0.6) is 0 Å². The maximum absolute atomic E-state index is 13.7. The average Bonchev–Trinajstić information content (AvgIpc) is 3.08. The molecule has 1 aromatic rings. The van der Waals surface area contributed by atoms with Gasteiger partial charge in [0, 0.05) is 24.5 Å². The highest BCUT2D eigenvalue weighted by Crippen LogP contribution is 2.42. The van der Waals surface area contributed by atoms with Crippen LogP contribution in [0, 0.1) is 25.6 Å². The molecule has 4 rings (SSSR count). The summed E-state index contributed by atoms with van der Waals surface area (Å²) in [5, 5.41) is 3.38. The fraction of sp³-hybridized carbons (Fsp3) is 0.650. The van der Waals surface area contributed by atoms with Gasteiger partial charge in [-0.1, -0.05) is 6.07 Å². The topological polar surface area (TPSA) is 41.6 Å². The lowest BCUT2D eigenvalue weighted by Gasteiger charge is -2.46. The maximum Gasteiger partial charge on any atom is 0.225 e. The maximum atomic E-state index is 13.7. The van der Waals surface area contributed by atoms with E-state index in [0.717, 1.165) is 56.5 Å². The molecule has 1 N–H and O–H groups in total. The molecule has 1 aliphatic carbocycles. The minimum absolute atomic E-state index is 0.0708. The van der Waals surface area contributed by atoms with Crippen molar-refractivity contribution in [3.63, 3.8) is 0 Å². The van der Waals surface area contributed by atoms with Gasteiger partial charge in [-0.2, -0.15) is 0 Å². The summed E-state index contributed by atoms with van der Waals surface area (Å²) >= 11 is 0. The largest absolute Gasteiger partial charge is 0.364 e. The molecule has 0 aromatic heterocycles. The van der Waals surface area contributed by atoms with Crippen LogP contribution in [0.1, 0.15) is 48.3 Å². The predicted octanol–water partition coefficient (Wildman–Crippen LogP) is 2.87. The van der Waals surface area contributed by atoms with Gasteiger partial charge in [-0.05, 0) is 68.2 Å². The Hall–Kier alpha value is -1.46. The van der Waals surface area contributed by atoms with Gasteiger partial charge < -0.3 is 9.64 Å². The number of hydrogen-bond acceptors (Lipinski definition) is 3. The van der Waals surface area contributed by atoms with Crippen molar-refractivity contribution in [2.75, 3.05) is 26.4 Å². The summed E-state index contributed by atoms with van der Waals surface area (Å²) in [7, 11) is 0. The van der Waals surface area contributed by atoms with Gasteiger partial charge in [-0.25, -0.2) is 4.39 Å². The van der Waals surface area contributed by atoms with Gasteiger partial charge in [0.2, 0.25) is 5.91 Å². The van der Waals surface area contributed by atoms with Crippen LogP contribution in [0.15, 0.2) is 12.1 Å². The number of nitrogens with zero attached hydrogens (tertiary/aromatic N) is 1. The number of carbonyl (C=O) groups excluding carboxylic acids is 1. The lowest BCUT2D eigenvalue weighted by molar-refractivity contribution is -0.142. The number of amides is 1. The minimum atomic E-state index is -0.128. The van der Waals surface area contributed by atoms with E-state index in [0.29, 0.717) is 18.6 Å². The van der Waals surface area contributed by atoms with E-state index in [1.807, 2.05) is 24.8 Å². The second-order valence-electron chi connectivity index (χ2n) is 8.04. The Labute approximate surface area is 148 Å². The first-order valence-corrected chi connectivity index (χ1v) is 9.36. The molecule has 1 aromatic carbocycles. The Morgan fingerprint density at radius 2 is 1.96 bits per heavy atom. The molecule has 1 saturated carbocycles. The van der Waals surface area contributed by atoms with Gasteiger partial charge in [0.1, 0.15) is 5.82 Å². The van der Waals surface area contributed by atoms with Crippen molar-refractivity contribution in [2.45, 2.75) is 51.0 Å². The molecule has 5 heteroatoms. The molecule has 2 aliphatic heterocycles. The molecule has 1 amide bonds. The zero-order chi connectivity index (χ0) is 17.6. The molecular weight excluding hydrogens is 319 g/mol. The molecule has 136 valence electrons. The minimum Gasteiger partial charge on any atom is -0.364 e. The number of benzene rings is 1. The van der Waals surface area contributed by atoms with Gasteiger partial charge in [0.25, 0.3) is 0 Å². The molecular formula is C20H27FN2O2. The van der Waals surface area contributed by atoms with Crippen LogP contribution in [0.2, 0.25) is 0 Å². The quantitative estimate of drug-likeness (QED) is 0.895. The molecule has 25 heavy (non-hydrogen) atoms. The molecule has 2 saturated heterocycles. The fourth-order valence-electron chi connectivity index (χ4n) is 4.74. The third-order valence-electron chi connectivity index (χ3n) is 6.56. The number of piperidine rings is 1. The molecule has 1 spiro atoms. The summed E-state index contributed by atoms with van der Waals surface area (Å²) in [5.41, 5.74) is 3.14. The first kappa shape index (κ1) is 17.0. The lowest BCUT2D eigenvalue weighted by atomic mass is 9.68. The normalized spacial score (nSPS) is 29.9. The summed E-state index contributed by atoms with van der Waals surface area (Å²) in [5.74, 6) is 0.767. The predicted molar refractivity (Wildman–Crippen MR) is 93.8 cm³/mol. The van der Waals surface area contributed by atoms with E-state index in [-0.39, 0.29) is 17.3 Å².